The molecule has 0 N–H and O–H groups in total. The van der Waals surface area contributed by atoms with Crippen LogP contribution < -0.4 is 0 Å². The Balaban J connectivity index is 0.000000606. The van der Waals surface area contributed by atoms with Crippen molar-refractivity contribution < 1.29 is 17.6 Å². The van der Waals surface area contributed by atoms with Crippen molar-refractivity contribution in [3.05, 3.63) is 35.1 Å². The Morgan fingerprint density at radius 1 is 1.12 bits per heavy atom. The number of halogens is 4. The van der Waals surface area contributed by atoms with E-state index in [-0.39, 0.29) is 5.92 Å². The van der Waals surface area contributed by atoms with Gasteiger partial charge in [-0.3, -0.25) is 0 Å². The summed E-state index contributed by atoms with van der Waals surface area (Å²) in [5.41, 5.74) is -0.502. The number of hydrogen-bond acceptors (Lipinski definition) is 0. The molecule has 0 amide bonds. The molecular formula is C12H14F4. The molecule has 4 heteroatoms. The van der Waals surface area contributed by atoms with E-state index in [4.69, 9.17) is 0 Å². The van der Waals surface area contributed by atoms with E-state index in [1.54, 1.807) is 0 Å². The van der Waals surface area contributed by atoms with Gasteiger partial charge in [-0.2, -0.15) is 13.2 Å². The van der Waals surface area contributed by atoms with Gasteiger partial charge < -0.3 is 0 Å². The van der Waals surface area contributed by atoms with Crippen LogP contribution >= 0.6 is 0 Å². The van der Waals surface area contributed by atoms with Crippen LogP contribution in [0.25, 0.3) is 0 Å². The summed E-state index contributed by atoms with van der Waals surface area (Å²) >= 11 is 0. The summed E-state index contributed by atoms with van der Waals surface area (Å²) in [4.78, 5) is 0. The van der Waals surface area contributed by atoms with Gasteiger partial charge in [0.1, 0.15) is 5.82 Å². The first-order chi connectivity index (χ1) is 7.48. The smallest absolute Gasteiger partial charge is 0.207 e. The maximum Gasteiger partial charge on any atom is 0.416 e. The molecule has 1 saturated carbocycles. The molecule has 1 aromatic carbocycles. The molecule has 2 rings (SSSR count). The molecule has 1 fully saturated rings. The Morgan fingerprint density at radius 3 is 2.06 bits per heavy atom. The lowest BCUT2D eigenvalue weighted by atomic mass is 10.1. The Bertz CT molecular complexity index is 351. The van der Waals surface area contributed by atoms with Crippen molar-refractivity contribution >= 4 is 0 Å². The lowest BCUT2D eigenvalue weighted by Gasteiger charge is -2.08. The fraction of sp³-hybridized carbons (Fsp3) is 0.500. The van der Waals surface area contributed by atoms with Crippen LogP contribution in [0.5, 0.6) is 0 Å². The second kappa shape index (κ2) is 4.85. The van der Waals surface area contributed by atoms with Gasteiger partial charge in [-0.1, -0.05) is 19.9 Å². The lowest BCUT2D eigenvalue weighted by Crippen LogP contribution is -2.05. The van der Waals surface area contributed by atoms with Crippen LogP contribution in [0.2, 0.25) is 0 Å². The molecule has 1 aromatic rings. The van der Waals surface area contributed by atoms with Crippen molar-refractivity contribution in [2.75, 3.05) is 0 Å². The van der Waals surface area contributed by atoms with Gasteiger partial charge in [0.25, 0.3) is 0 Å². The first kappa shape index (κ1) is 13.0. The Labute approximate surface area is 92.3 Å². The topological polar surface area (TPSA) is 0 Å². The van der Waals surface area contributed by atoms with Crippen molar-refractivity contribution in [3.8, 4) is 0 Å². The molecule has 0 aliphatic heterocycles. The molecule has 90 valence electrons. The highest BCUT2D eigenvalue weighted by atomic mass is 19.4. The third kappa shape index (κ3) is 2.97. The normalized spacial score (nSPS) is 15.4. The maximum absolute atomic E-state index is 13.2. The lowest BCUT2D eigenvalue weighted by molar-refractivity contribution is -0.137. The summed E-state index contributed by atoms with van der Waals surface area (Å²) in [6, 6.07) is 2.76. The van der Waals surface area contributed by atoms with Crippen LogP contribution in [0, 0.1) is 5.82 Å². The molecule has 0 atom stereocenters. The minimum Gasteiger partial charge on any atom is -0.207 e. The van der Waals surface area contributed by atoms with Gasteiger partial charge in [0.2, 0.25) is 0 Å². The second-order valence-electron chi connectivity index (χ2n) is 3.51. The molecule has 0 unspecified atom stereocenters. The number of hydrogen-bond donors (Lipinski definition) is 0. The van der Waals surface area contributed by atoms with E-state index in [0.717, 1.165) is 18.9 Å². The summed E-state index contributed by atoms with van der Waals surface area (Å²) in [7, 11) is 0. The average Bonchev–Trinajstić information content (AvgIpc) is 3.03. The van der Waals surface area contributed by atoms with Crippen molar-refractivity contribution in [1.29, 1.82) is 0 Å². The van der Waals surface area contributed by atoms with Gasteiger partial charge in [-0.05, 0) is 36.5 Å². The fourth-order valence-electron chi connectivity index (χ4n) is 1.43. The van der Waals surface area contributed by atoms with Gasteiger partial charge in [0.05, 0.1) is 5.56 Å². The van der Waals surface area contributed by atoms with Crippen molar-refractivity contribution in [2.24, 2.45) is 0 Å². The zero-order valence-corrected chi connectivity index (χ0v) is 9.24. The van der Waals surface area contributed by atoms with E-state index in [2.05, 4.69) is 0 Å². The van der Waals surface area contributed by atoms with Crippen LogP contribution in [-0.2, 0) is 6.18 Å². The highest BCUT2D eigenvalue weighted by Gasteiger charge is 2.33. The standard InChI is InChI=1S/C10H8F4.C2H6/c11-9-5-7(10(12,13)14)3-4-8(9)6-1-2-6;1-2/h3-6H,1-2H2;1-2H3. The Morgan fingerprint density at radius 2 is 1.69 bits per heavy atom. The molecule has 1 aliphatic carbocycles. The highest BCUT2D eigenvalue weighted by Crippen LogP contribution is 2.42. The van der Waals surface area contributed by atoms with E-state index in [9.17, 15) is 17.6 Å². The van der Waals surface area contributed by atoms with Gasteiger partial charge >= 0.3 is 6.18 Å². The number of alkyl halides is 3. The van der Waals surface area contributed by atoms with Gasteiger partial charge in [0.15, 0.2) is 0 Å². The zero-order valence-electron chi connectivity index (χ0n) is 9.24. The van der Waals surface area contributed by atoms with Crippen molar-refractivity contribution in [3.63, 3.8) is 0 Å². The molecule has 0 heterocycles. The third-order valence-electron chi connectivity index (χ3n) is 2.34. The van der Waals surface area contributed by atoms with Crippen LogP contribution in [0.15, 0.2) is 18.2 Å². The first-order valence-corrected chi connectivity index (χ1v) is 5.35. The summed E-state index contributed by atoms with van der Waals surface area (Å²) < 4.78 is 49.6. The van der Waals surface area contributed by atoms with Gasteiger partial charge in [-0.25, -0.2) is 4.39 Å². The molecule has 0 nitrogen and oxygen atoms in total. The predicted octanol–water partition coefficient (Wildman–Crippen LogP) is 4.75. The quantitative estimate of drug-likeness (QED) is 0.615. The molecule has 1 aliphatic rings. The molecular weight excluding hydrogens is 220 g/mol. The zero-order chi connectivity index (χ0) is 12.3. The predicted molar refractivity (Wildman–Crippen MR) is 54.7 cm³/mol. The fourth-order valence-corrected chi connectivity index (χ4v) is 1.43. The molecule has 0 aromatic heterocycles. The maximum atomic E-state index is 13.2. The van der Waals surface area contributed by atoms with E-state index in [1.807, 2.05) is 13.8 Å². The van der Waals surface area contributed by atoms with Crippen LogP contribution in [-0.4, -0.2) is 0 Å². The number of benzene rings is 1. The monoisotopic (exact) mass is 234 g/mol. The third-order valence-corrected chi connectivity index (χ3v) is 2.34. The van der Waals surface area contributed by atoms with E-state index in [1.165, 1.54) is 6.07 Å². The van der Waals surface area contributed by atoms with E-state index in [0.29, 0.717) is 11.6 Å². The second-order valence-corrected chi connectivity index (χ2v) is 3.51. The van der Waals surface area contributed by atoms with E-state index >= 15 is 0 Å². The minimum atomic E-state index is -4.46. The van der Waals surface area contributed by atoms with Crippen LogP contribution in [0.1, 0.15) is 43.7 Å². The molecule has 0 spiro atoms. The molecule has 16 heavy (non-hydrogen) atoms. The summed E-state index contributed by atoms with van der Waals surface area (Å²) in [5.74, 6) is -0.598. The highest BCUT2D eigenvalue weighted by molar-refractivity contribution is 5.31. The average molecular weight is 234 g/mol. The molecule has 0 bridgehead atoms. The van der Waals surface area contributed by atoms with Gasteiger partial charge in [0, 0.05) is 0 Å². The minimum absolute atomic E-state index is 0.136. The summed E-state index contributed by atoms with van der Waals surface area (Å²) in [6.07, 6.45) is -2.70. The van der Waals surface area contributed by atoms with Crippen molar-refractivity contribution in [1.82, 2.24) is 0 Å². The number of rotatable bonds is 1. The summed E-state index contributed by atoms with van der Waals surface area (Å²) in [6.45, 7) is 4.00. The SMILES string of the molecule is CC.Fc1cc(C(F)(F)F)ccc1C1CC1. The van der Waals surface area contributed by atoms with Crippen LogP contribution in [0.4, 0.5) is 17.6 Å². The Kier molecular flexibility index (Phi) is 3.94. The van der Waals surface area contributed by atoms with Gasteiger partial charge in [-0.15, -0.1) is 0 Å². The molecule has 0 radical (unpaired) electrons. The molecule has 0 saturated heterocycles. The first-order valence-electron chi connectivity index (χ1n) is 5.35. The largest absolute Gasteiger partial charge is 0.416 e. The van der Waals surface area contributed by atoms with Crippen LogP contribution in [0.3, 0.4) is 0 Å². The van der Waals surface area contributed by atoms with Crippen molar-refractivity contribution in [2.45, 2.75) is 38.8 Å². The van der Waals surface area contributed by atoms with E-state index < -0.39 is 17.6 Å². The Hall–Kier alpha value is -1.06. The summed E-state index contributed by atoms with van der Waals surface area (Å²) in [5, 5.41) is 0.